The average Bonchev–Trinajstić information content (AvgIpc) is 3.46. The number of rotatable bonds is 66. The maximum absolute atomic E-state index is 12.9. The van der Waals surface area contributed by atoms with E-state index in [-0.39, 0.29) is 31.1 Å². The Morgan fingerprint density at radius 1 is 0.259 bits per heavy atom. The maximum Gasteiger partial charge on any atom is 0.306 e. The first-order valence-electron chi connectivity index (χ1n) is 35.8. The highest BCUT2D eigenvalue weighted by Gasteiger charge is 2.19. The van der Waals surface area contributed by atoms with E-state index in [0.29, 0.717) is 19.3 Å². The molecule has 0 aliphatic rings. The first-order valence-corrected chi connectivity index (χ1v) is 35.8. The summed E-state index contributed by atoms with van der Waals surface area (Å²) < 4.78 is 16.9. The van der Waals surface area contributed by atoms with E-state index in [1.165, 1.54) is 257 Å². The highest BCUT2D eigenvalue weighted by Crippen LogP contribution is 2.18. The summed E-state index contributed by atoms with van der Waals surface area (Å²) >= 11 is 0. The number of hydrogen-bond donors (Lipinski definition) is 0. The molecular weight excluding hydrogens is 997 g/mol. The highest BCUT2D eigenvalue weighted by molar-refractivity contribution is 5.71. The lowest BCUT2D eigenvalue weighted by molar-refractivity contribution is -0.167. The minimum Gasteiger partial charge on any atom is -0.462 e. The monoisotopic (exact) mass is 1130 g/mol. The molecule has 6 nitrogen and oxygen atoms in total. The number of allylic oxidation sites excluding steroid dienone is 10. The van der Waals surface area contributed by atoms with Crippen molar-refractivity contribution in [1.82, 2.24) is 0 Å². The maximum atomic E-state index is 12.9. The molecule has 0 bridgehead atoms. The number of ether oxygens (including phenoxy) is 3. The molecule has 0 aliphatic heterocycles. The molecule has 0 heterocycles. The third-order valence-electron chi connectivity index (χ3n) is 16.0. The number of carbonyl (C=O) groups excluding carboxylic acids is 3. The van der Waals surface area contributed by atoms with Crippen LogP contribution in [0.2, 0.25) is 0 Å². The topological polar surface area (TPSA) is 78.9 Å². The van der Waals surface area contributed by atoms with E-state index in [4.69, 9.17) is 14.2 Å². The van der Waals surface area contributed by atoms with Gasteiger partial charge in [-0.3, -0.25) is 14.4 Å². The minimum atomic E-state index is -0.773. The molecule has 0 amide bonds. The summed E-state index contributed by atoms with van der Waals surface area (Å²) in [6.45, 7) is 6.54. The van der Waals surface area contributed by atoms with Crippen molar-refractivity contribution in [2.45, 2.75) is 386 Å². The summed E-state index contributed by atoms with van der Waals surface area (Å²) in [4.78, 5) is 38.2. The van der Waals surface area contributed by atoms with Gasteiger partial charge < -0.3 is 14.2 Å². The zero-order chi connectivity index (χ0) is 58.5. The Balaban J connectivity index is 3.99. The van der Waals surface area contributed by atoms with E-state index in [9.17, 15) is 14.4 Å². The third kappa shape index (κ3) is 67.8. The van der Waals surface area contributed by atoms with Crippen LogP contribution in [0.1, 0.15) is 380 Å². The molecule has 0 aromatic rings. The molecule has 6 heteroatoms. The predicted molar refractivity (Wildman–Crippen MR) is 353 cm³/mol. The van der Waals surface area contributed by atoms with Crippen LogP contribution in [-0.4, -0.2) is 37.2 Å². The lowest BCUT2D eigenvalue weighted by Gasteiger charge is -2.18. The first kappa shape index (κ1) is 78.1. The lowest BCUT2D eigenvalue weighted by Crippen LogP contribution is -2.30. The Bertz CT molecular complexity index is 1440. The van der Waals surface area contributed by atoms with Crippen LogP contribution in [0.4, 0.5) is 0 Å². The van der Waals surface area contributed by atoms with Crippen molar-refractivity contribution in [3.05, 3.63) is 60.8 Å². The highest BCUT2D eigenvalue weighted by atomic mass is 16.6. The Labute approximate surface area is 504 Å². The molecule has 0 spiro atoms. The molecule has 1 atom stereocenters. The summed E-state index contributed by atoms with van der Waals surface area (Å²) in [6, 6.07) is 0. The van der Waals surface area contributed by atoms with E-state index in [1.54, 1.807) is 0 Å². The quantitative estimate of drug-likeness (QED) is 0.0261. The van der Waals surface area contributed by atoms with Crippen LogP contribution in [0.5, 0.6) is 0 Å². The van der Waals surface area contributed by atoms with Gasteiger partial charge >= 0.3 is 17.9 Å². The Hall–Kier alpha value is -2.89. The zero-order valence-corrected chi connectivity index (χ0v) is 54.3. The fourth-order valence-electron chi connectivity index (χ4n) is 10.7. The third-order valence-corrected chi connectivity index (χ3v) is 16.0. The van der Waals surface area contributed by atoms with Crippen LogP contribution in [0, 0.1) is 0 Å². The van der Waals surface area contributed by atoms with Crippen molar-refractivity contribution in [2.75, 3.05) is 13.2 Å². The molecular formula is C75H136O6. The zero-order valence-electron chi connectivity index (χ0n) is 54.3. The van der Waals surface area contributed by atoms with Crippen LogP contribution in [0.3, 0.4) is 0 Å². The molecule has 0 rings (SSSR count). The second-order valence-electron chi connectivity index (χ2n) is 24.1. The smallest absolute Gasteiger partial charge is 0.306 e. The van der Waals surface area contributed by atoms with Gasteiger partial charge in [0.2, 0.25) is 0 Å². The fraction of sp³-hybridized carbons (Fsp3) is 0.827. The van der Waals surface area contributed by atoms with Crippen molar-refractivity contribution in [2.24, 2.45) is 0 Å². The predicted octanol–water partition coefficient (Wildman–Crippen LogP) is 24.7. The van der Waals surface area contributed by atoms with E-state index >= 15 is 0 Å². The van der Waals surface area contributed by atoms with Gasteiger partial charge in [0.15, 0.2) is 6.10 Å². The van der Waals surface area contributed by atoms with Gasteiger partial charge in [-0.1, -0.05) is 338 Å². The molecule has 0 aromatic heterocycles. The van der Waals surface area contributed by atoms with E-state index in [0.717, 1.165) is 83.5 Å². The standard InChI is InChI=1S/C75H136O6/c1-4-7-10-13-16-18-20-22-24-26-28-30-32-33-34-35-36-37-38-39-40-41-43-44-46-48-50-52-54-56-59-62-65-68-74(77)80-71-72(70-79-73(76)67-64-61-58-15-12-9-6-3)81-75(78)69-66-63-60-57-55-53-51-49-47-45-42-31-29-27-25-23-21-19-17-14-11-8-5-2/h8,11,17,19,23,25-26,28-29,31,72H,4-7,9-10,12-16,18,20-22,24,27,30,32-71H2,1-3H3/b11-8-,19-17-,25-23-,28-26-,31-29-. The van der Waals surface area contributed by atoms with Crippen molar-refractivity contribution >= 4 is 17.9 Å². The summed E-state index contributed by atoms with van der Waals surface area (Å²) in [6.07, 6.45) is 90.1. The Morgan fingerprint density at radius 2 is 0.481 bits per heavy atom. The molecule has 0 radical (unpaired) electrons. The van der Waals surface area contributed by atoms with E-state index in [1.807, 2.05) is 0 Å². The number of carbonyl (C=O) groups is 3. The Kier molecular flexibility index (Phi) is 67.1. The van der Waals surface area contributed by atoms with Crippen molar-refractivity contribution in [3.8, 4) is 0 Å². The minimum absolute atomic E-state index is 0.0714. The molecule has 0 aliphatic carbocycles. The van der Waals surface area contributed by atoms with Gasteiger partial charge in [-0.15, -0.1) is 0 Å². The lowest BCUT2D eigenvalue weighted by atomic mass is 10.0. The molecule has 1 unspecified atom stereocenters. The normalized spacial score (nSPS) is 12.4. The number of esters is 3. The van der Waals surface area contributed by atoms with Crippen LogP contribution in [0.15, 0.2) is 60.8 Å². The van der Waals surface area contributed by atoms with Gasteiger partial charge in [0.05, 0.1) is 0 Å². The molecule has 472 valence electrons. The van der Waals surface area contributed by atoms with Crippen LogP contribution < -0.4 is 0 Å². The SMILES string of the molecule is CC/C=C\C/C=C\C/C=C\C/C=C\CCCCCCCCCCCCC(=O)OC(COC(=O)CCCCCCCCC)COC(=O)CCCCCCCCCCCCCCCCCCCCCCC/C=C\CCCCCCCCCC. The van der Waals surface area contributed by atoms with Crippen LogP contribution in [-0.2, 0) is 28.6 Å². The number of unbranched alkanes of at least 4 members (excludes halogenated alkanes) is 45. The van der Waals surface area contributed by atoms with E-state index < -0.39 is 6.10 Å². The van der Waals surface area contributed by atoms with Gasteiger partial charge in [0.1, 0.15) is 13.2 Å². The van der Waals surface area contributed by atoms with Gasteiger partial charge in [-0.2, -0.15) is 0 Å². The van der Waals surface area contributed by atoms with Crippen molar-refractivity contribution in [3.63, 3.8) is 0 Å². The van der Waals surface area contributed by atoms with Gasteiger partial charge in [0, 0.05) is 19.3 Å². The second kappa shape index (κ2) is 69.6. The fourth-order valence-corrected chi connectivity index (χ4v) is 10.7. The molecule has 0 aromatic carbocycles. The molecule has 0 fully saturated rings. The van der Waals surface area contributed by atoms with Crippen molar-refractivity contribution in [1.29, 1.82) is 0 Å². The first-order chi connectivity index (χ1) is 40.0. The summed E-state index contributed by atoms with van der Waals surface area (Å²) in [5, 5.41) is 0. The summed E-state index contributed by atoms with van der Waals surface area (Å²) in [7, 11) is 0. The van der Waals surface area contributed by atoms with Crippen molar-refractivity contribution < 1.29 is 28.6 Å². The van der Waals surface area contributed by atoms with Crippen LogP contribution in [0.25, 0.3) is 0 Å². The van der Waals surface area contributed by atoms with Crippen LogP contribution >= 0.6 is 0 Å². The van der Waals surface area contributed by atoms with E-state index in [2.05, 4.69) is 81.5 Å². The van der Waals surface area contributed by atoms with Gasteiger partial charge in [-0.25, -0.2) is 0 Å². The largest absolute Gasteiger partial charge is 0.462 e. The molecule has 81 heavy (non-hydrogen) atoms. The second-order valence-corrected chi connectivity index (χ2v) is 24.1. The Morgan fingerprint density at radius 3 is 0.765 bits per heavy atom. The average molecular weight is 1130 g/mol. The molecule has 0 saturated heterocycles. The number of hydrogen-bond acceptors (Lipinski definition) is 6. The van der Waals surface area contributed by atoms with Gasteiger partial charge in [-0.05, 0) is 83.5 Å². The molecule has 0 N–H and O–H groups in total. The molecule has 0 saturated carbocycles. The summed E-state index contributed by atoms with van der Waals surface area (Å²) in [5.41, 5.74) is 0. The summed E-state index contributed by atoms with van der Waals surface area (Å²) in [5.74, 6) is -0.862. The van der Waals surface area contributed by atoms with Gasteiger partial charge in [0.25, 0.3) is 0 Å².